The van der Waals surface area contributed by atoms with E-state index in [1.807, 2.05) is 31.2 Å². The lowest BCUT2D eigenvalue weighted by Gasteiger charge is -2.14. The molecule has 1 amide bonds. The third-order valence-corrected chi connectivity index (χ3v) is 5.13. The van der Waals surface area contributed by atoms with Crippen LogP contribution in [-0.2, 0) is 0 Å². The van der Waals surface area contributed by atoms with Gasteiger partial charge in [-0.3, -0.25) is 4.79 Å². The van der Waals surface area contributed by atoms with E-state index in [0.717, 1.165) is 11.3 Å². The second-order valence-electron chi connectivity index (χ2n) is 6.03. The summed E-state index contributed by atoms with van der Waals surface area (Å²) in [4.78, 5) is 17.6. The number of aromatic nitrogens is 1. The molecule has 1 atom stereocenters. The quantitative estimate of drug-likeness (QED) is 0.638. The number of carbonyl (C=O) groups is 1. The van der Waals surface area contributed by atoms with E-state index in [1.165, 1.54) is 23.5 Å². The van der Waals surface area contributed by atoms with Crippen LogP contribution in [0.3, 0.4) is 0 Å². The Hall–Kier alpha value is -2.93. The fourth-order valence-corrected chi connectivity index (χ4v) is 3.45. The summed E-state index contributed by atoms with van der Waals surface area (Å²) in [7, 11) is 1.62. The molecule has 0 saturated heterocycles. The van der Waals surface area contributed by atoms with Crippen LogP contribution in [0.25, 0.3) is 0 Å². The normalized spacial score (nSPS) is 11.7. The molecule has 27 heavy (non-hydrogen) atoms. The topological polar surface area (TPSA) is 63.2 Å². The van der Waals surface area contributed by atoms with Crippen molar-refractivity contribution in [3.63, 3.8) is 0 Å². The molecular formula is C20H20FN3O2S. The van der Waals surface area contributed by atoms with Crippen molar-refractivity contribution in [1.82, 2.24) is 10.3 Å². The van der Waals surface area contributed by atoms with E-state index in [-0.39, 0.29) is 17.8 Å². The molecule has 0 spiro atoms. The Kier molecular flexibility index (Phi) is 5.71. The van der Waals surface area contributed by atoms with Crippen molar-refractivity contribution in [1.29, 1.82) is 0 Å². The zero-order valence-corrected chi connectivity index (χ0v) is 16.1. The van der Waals surface area contributed by atoms with Crippen LogP contribution in [0.1, 0.15) is 33.9 Å². The number of nitrogens with zero attached hydrogens (tertiary/aromatic N) is 1. The molecule has 1 heterocycles. The first-order valence-electron chi connectivity index (χ1n) is 8.41. The lowest BCUT2D eigenvalue weighted by atomic mass is 10.1. The summed E-state index contributed by atoms with van der Waals surface area (Å²) in [6, 6.07) is 13.4. The van der Waals surface area contributed by atoms with Gasteiger partial charge in [0.2, 0.25) is 0 Å². The van der Waals surface area contributed by atoms with Gasteiger partial charge in [-0.1, -0.05) is 23.5 Å². The van der Waals surface area contributed by atoms with Gasteiger partial charge in [-0.25, -0.2) is 9.37 Å². The number of anilines is 2. The molecule has 0 aliphatic heterocycles. The van der Waals surface area contributed by atoms with Gasteiger partial charge in [-0.2, -0.15) is 0 Å². The average molecular weight is 385 g/mol. The molecule has 2 N–H and O–H groups in total. The molecule has 5 nitrogen and oxygen atoms in total. The summed E-state index contributed by atoms with van der Waals surface area (Å²) < 4.78 is 18.2. The Labute approximate surface area is 161 Å². The fraction of sp³-hybridized carbons (Fsp3) is 0.200. The maximum atomic E-state index is 13.0. The van der Waals surface area contributed by atoms with Gasteiger partial charge in [-0.05, 0) is 55.8 Å². The third-order valence-electron chi connectivity index (χ3n) is 4.06. The van der Waals surface area contributed by atoms with Crippen LogP contribution in [0.2, 0.25) is 0 Å². The van der Waals surface area contributed by atoms with E-state index >= 15 is 0 Å². The van der Waals surface area contributed by atoms with Crippen LogP contribution in [-0.4, -0.2) is 18.0 Å². The highest BCUT2D eigenvalue weighted by molar-refractivity contribution is 7.17. The molecule has 1 aromatic heterocycles. The van der Waals surface area contributed by atoms with Crippen molar-refractivity contribution in [3.05, 3.63) is 70.5 Å². The molecule has 3 aromatic rings. The minimum atomic E-state index is -0.302. The molecular weight excluding hydrogens is 365 g/mol. The Balaban J connectivity index is 1.68. The highest BCUT2D eigenvalue weighted by Gasteiger charge is 2.18. The Bertz CT molecular complexity index is 923. The van der Waals surface area contributed by atoms with Crippen molar-refractivity contribution in [2.45, 2.75) is 19.9 Å². The van der Waals surface area contributed by atoms with Crippen LogP contribution in [0.4, 0.5) is 15.2 Å². The van der Waals surface area contributed by atoms with Gasteiger partial charge in [0.05, 0.1) is 18.8 Å². The highest BCUT2D eigenvalue weighted by Crippen LogP contribution is 2.27. The largest absolute Gasteiger partial charge is 0.497 e. The summed E-state index contributed by atoms with van der Waals surface area (Å²) in [6.07, 6.45) is 0. The number of hydrogen-bond acceptors (Lipinski definition) is 5. The maximum Gasteiger partial charge on any atom is 0.263 e. The van der Waals surface area contributed by atoms with Crippen LogP contribution >= 0.6 is 11.3 Å². The number of hydrogen-bond donors (Lipinski definition) is 2. The SMILES string of the molecule is COc1ccc(C(C)NC(=O)c2sc(Nc3ccc(F)cc3)nc2C)cc1. The number of thiazole rings is 1. The maximum absolute atomic E-state index is 13.0. The zero-order chi connectivity index (χ0) is 19.4. The van der Waals surface area contributed by atoms with Crippen LogP contribution in [0.5, 0.6) is 5.75 Å². The van der Waals surface area contributed by atoms with Gasteiger partial charge in [0.25, 0.3) is 5.91 Å². The van der Waals surface area contributed by atoms with Gasteiger partial charge in [0.15, 0.2) is 5.13 Å². The van der Waals surface area contributed by atoms with Gasteiger partial charge in [-0.15, -0.1) is 0 Å². The highest BCUT2D eigenvalue weighted by atomic mass is 32.1. The van der Waals surface area contributed by atoms with E-state index in [4.69, 9.17) is 4.74 Å². The number of rotatable bonds is 6. The lowest BCUT2D eigenvalue weighted by molar-refractivity contribution is 0.0943. The van der Waals surface area contributed by atoms with Crippen molar-refractivity contribution < 1.29 is 13.9 Å². The molecule has 1 unspecified atom stereocenters. The minimum Gasteiger partial charge on any atom is -0.497 e. The molecule has 0 aliphatic rings. The Morgan fingerprint density at radius 2 is 1.81 bits per heavy atom. The standard InChI is InChI=1S/C20H20FN3O2S/c1-12(14-4-10-17(26-3)11-5-14)22-19(25)18-13(2)23-20(27-18)24-16-8-6-15(21)7-9-16/h4-12H,1-3H3,(H,22,25)(H,23,24). The summed E-state index contributed by atoms with van der Waals surface area (Å²) >= 11 is 1.26. The predicted molar refractivity (Wildman–Crippen MR) is 105 cm³/mol. The molecule has 7 heteroatoms. The first-order valence-corrected chi connectivity index (χ1v) is 9.22. The first-order chi connectivity index (χ1) is 13.0. The van der Waals surface area contributed by atoms with Gasteiger partial charge >= 0.3 is 0 Å². The van der Waals surface area contributed by atoms with E-state index in [9.17, 15) is 9.18 Å². The summed E-state index contributed by atoms with van der Waals surface area (Å²) in [5.74, 6) is 0.288. The molecule has 0 saturated carbocycles. The summed E-state index contributed by atoms with van der Waals surface area (Å²) in [6.45, 7) is 3.72. The number of benzene rings is 2. The molecule has 2 aromatic carbocycles. The molecule has 0 bridgehead atoms. The van der Waals surface area contributed by atoms with E-state index in [1.54, 1.807) is 26.2 Å². The van der Waals surface area contributed by atoms with Crippen LogP contribution in [0, 0.1) is 12.7 Å². The second kappa shape index (κ2) is 8.18. The molecule has 0 fully saturated rings. The second-order valence-corrected chi connectivity index (χ2v) is 7.03. The van der Waals surface area contributed by atoms with Gasteiger partial charge in [0.1, 0.15) is 16.4 Å². The van der Waals surface area contributed by atoms with Gasteiger partial charge in [0, 0.05) is 5.69 Å². The number of methoxy groups -OCH3 is 1. The third kappa shape index (κ3) is 4.62. The number of halogens is 1. The monoisotopic (exact) mass is 385 g/mol. The lowest BCUT2D eigenvalue weighted by Crippen LogP contribution is -2.26. The average Bonchev–Trinajstić information content (AvgIpc) is 3.04. The van der Waals surface area contributed by atoms with Crippen molar-refractivity contribution in [3.8, 4) is 5.75 Å². The molecule has 0 radical (unpaired) electrons. The van der Waals surface area contributed by atoms with Crippen molar-refractivity contribution >= 4 is 28.1 Å². The molecule has 140 valence electrons. The fourth-order valence-electron chi connectivity index (χ4n) is 2.56. The molecule has 3 rings (SSSR count). The number of carbonyl (C=O) groups excluding carboxylic acids is 1. The Morgan fingerprint density at radius 3 is 2.44 bits per heavy atom. The number of amides is 1. The minimum absolute atomic E-state index is 0.154. The van der Waals surface area contributed by atoms with E-state index in [0.29, 0.717) is 21.4 Å². The number of nitrogens with one attached hydrogen (secondary N) is 2. The zero-order valence-electron chi connectivity index (χ0n) is 15.2. The molecule has 0 aliphatic carbocycles. The summed E-state index contributed by atoms with van der Waals surface area (Å²) in [5.41, 5.74) is 2.34. The first kappa shape index (κ1) is 18.8. The Morgan fingerprint density at radius 1 is 1.15 bits per heavy atom. The number of aryl methyl sites for hydroxylation is 1. The van der Waals surface area contributed by atoms with Crippen molar-refractivity contribution in [2.24, 2.45) is 0 Å². The van der Waals surface area contributed by atoms with E-state index in [2.05, 4.69) is 15.6 Å². The predicted octanol–water partition coefficient (Wildman–Crippen LogP) is 4.83. The summed E-state index contributed by atoms with van der Waals surface area (Å²) in [5, 5.41) is 6.67. The smallest absolute Gasteiger partial charge is 0.263 e. The van der Waals surface area contributed by atoms with Crippen molar-refractivity contribution in [2.75, 3.05) is 12.4 Å². The number of ether oxygens (including phenoxy) is 1. The van der Waals surface area contributed by atoms with E-state index < -0.39 is 0 Å². The van der Waals surface area contributed by atoms with Gasteiger partial charge < -0.3 is 15.4 Å². The van der Waals surface area contributed by atoms with Crippen LogP contribution < -0.4 is 15.4 Å². The van der Waals surface area contributed by atoms with Crippen LogP contribution in [0.15, 0.2) is 48.5 Å².